The summed E-state index contributed by atoms with van der Waals surface area (Å²) >= 11 is 11.7. The third kappa shape index (κ3) is 13.2. The Morgan fingerprint density at radius 2 is 0.833 bits per heavy atom. The van der Waals surface area contributed by atoms with E-state index >= 15 is 0 Å². The van der Waals surface area contributed by atoms with Crippen molar-refractivity contribution in [2.24, 2.45) is 0 Å². The first-order chi connectivity index (χ1) is 20.6. The van der Waals surface area contributed by atoms with Crippen LogP contribution in [0.3, 0.4) is 0 Å². The molecule has 0 heterocycles. The predicted molar refractivity (Wildman–Crippen MR) is 172 cm³/mol. The maximum atomic E-state index is 5.84. The van der Waals surface area contributed by atoms with E-state index in [2.05, 4.69) is 30.6 Å². The summed E-state index contributed by atoms with van der Waals surface area (Å²) in [5, 5.41) is 1.43. The molecule has 6 heteroatoms. The van der Waals surface area contributed by atoms with E-state index < -0.39 is 0 Å². The molecule has 0 aliphatic carbocycles. The molecule has 0 saturated heterocycles. The molecule has 0 aliphatic rings. The molecular weight excluding hydrogens is 567 g/mol. The number of ether oxygens (including phenoxy) is 4. The molecule has 0 fully saturated rings. The summed E-state index contributed by atoms with van der Waals surface area (Å²) in [7, 11) is 1.65. The lowest BCUT2D eigenvalue weighted by Crippen LogP contribution is -2.06. The minimum absolute atomic E-state index is 0.548. The second-order valence-corrected chi connectivity index (χ2v) is 9.74. The van der Waals surface area contributed by atoms with E-state index in [-0.39, 0.29) is 0 Å². The smallest absolute Gasteiger partial charge is 0.119 e. The summed E-state index contributed by atoms with van der Waals surface area (Å²) in [4.78, 5) is 0. The molecule has 0 saturated carbocycles. The van der Waals surface area contributed by atoms with Crippen LogP contribution in [-0.4, -0.2) is 40.1 Å². The van der Waals surface area contributed by atoms with Crippen LogP contribution >= 0.6 is 23.2 Å². The van der Waals surface area contributed by atoms with Gasteiger partial charge in [0.2, 0.25) is 0 Å². The molecule has 0 N–H and O–H groups in total. The van der Waals surface area contributed by atoms with Crippen LogP contribution in [0, 0.1) is 23.7 Å². The fourth-order valence-electron chi connectivity index (χ4n) is 3.33. The van der Waals surface area contributed by atoms with Gasteiger partial charge in [0, 0.05) is 46.0 Å². The number of hydrogen-bond donors (Lipinski definition) is 0. The number of benzene rings is 4. The Labute approximate surface area is 259 Å². The van der Waals surface area contributed by atoms with E-state index in [1.807, 2.05) is 97.1 Å². The van der Waals surface area contributed by atoms with Gasteiger partial charge in [0.1, 0.15) is 24.7 Å². The van der Waals surface area contributed by atoms with E-state index in [1.54, 1.807) is 7.11 Å². The third-order valence-corrected chi connectivity index (χ3v) is 6.00. The summed E-state index contributed by atoms with van der Waals surface area (Å²) in [5.74, 6) is 14.1. The largest absolute Gasteiger partial charge is 0.491 e. The zero-order chi connectivity index (χ0) is 29.8. The van der Waals surface area contributed by atoms with Crippen molar-refractivity contribution in [3.05, 3.63) is 129 Å². The quantitative estimate of drug-likeness (QED) is 0.135. The number of hydrogen-bond acceptors (Lipinski definition) is 4. The van der Waals surface area contributed by atoms with Crippen LogP contribution < -0.4 is 9.47 Å². The van der Waals surface area contributed by atoms with Crippen LogP contribution in [0.25, 0.3) is 0 Å². The zero-order valence-corrected chi connectivity index (χ0v) is 25.4. The van der Waals surface area contributed by atoms with Gasteiger partial charge in [-0.2, -0.15) is 0 Å². The summed E-state index contributed by atoms with van der Waals surface area (Å²) < 4.78 is 21.4. The molecule has 42 heavy (non-hydrogen) atoms. The van der Waals surface area contributed by atoms with E-state index in [0.717, 1.165) is 51.8 Å². The Morgan fingerprint density at radius 1 is 0.476 bits per heavy atom. The highest BCUT2D eigenvalue weighted by Gasteiger charge is 1.96. The van der Waals surface area contributed by atoms with Crippen LogP contribution in [0.15, 0.2) is 97.1 Å². The SMILES string of the molecule is CCCOCCOc1ccc(C#Cc2ccc(Cl)cc2)cc1.COCCOc1ccc(C#Cc2ccc(Cl)cc2)cc1. The fraction of sp³-hybridized carbons (Fsp3) is 0.222. The van der Waals surface area contributed by atoms with Gasteiger partial charge >= 0.3 is 0 Å². The first-order valence-electron chi connectivity index (χ1n) is 13.6. The van der Waals surface area contributed by atoms with Gasteiger partial charge in [-0.1, -0.05) is 53.8 Å². The lowest BCUT2D eigenvalue weighted by Gasteiger charge is -2.06. The molecule has 0 bridgehead atoms. The Bertz CT molecular complexity index is 1440. The van der Waals surface area contributed by atoms with E-state index in [1.165, 1.54) is 0 Å². The van der Waals surface area contributed by atoms with Crippen molar-refractivity contribution < 1.29 is 18.9 Å². The number of rotatable bonds is 10. The van der Waals surface area contributed by atoms with Crippen molar-refractivity contribution in [1.29, 1.82) is 0 Å². The average molecular weight is 602 g/mol. The topological polar surface area (TPSA) is 36.9 Å². The van der Waals surface area contributed by atoms with E-state index in [0.29, 0.717) is 31.5 Å². The van der Waals surface area contributed by atoms with Gasteiger partial charge in [0.25, 0.3) is 0 Å². The molecule has 4 aromatic carbocycles. The van der Waals surface area contributed by atoms with Crippen LogP contribution in [0.1, 0.15) is 35.6 Å². The van der Waals surface area contributed by atoms with Gasteiger partial charge in [0.05, 0.1) is 13.2 Å². The molecule has 0 aliphatic heterocycles. The predicted octanol–water partition coefficient (Wildman–Crippen LogP) is 8.31. The van der Waals surface area contributed by atoms with Gasteiger partial charge in [-0.3, -0.25) is 0 Å². The average Bonchev–Trinajstić information content (AvgIpc) is 3.02. The maximum absolute atomic E-state index is 5.84. The van der Waals surface area contributed by atoms with Crippen molar-refractivity contribution in [3.8, 4) is 35.2 Å². The Kier molecular flexibility index (Phi) is 15.0. The highest BCUT2D eigenvalue weighted by molar-refractivity contribution is 6.30. The zero-order valence-electron chi connectivity index (χ0n) is 23.9. The molecular formula is C36H34Cl2O4. The molecule has 0 radical (unpaired) electrons. The fourth-order valence-corrected chi connectivity index (χ4v) is 3.58. The van der Waals surface area contributed by atoms with Crippen LogP contribution in [0.5, 0.6) is 11.5 Å². The number of halogens is 2. The first-order valence-corrected chi connectivity index (χ1v) is 14.4. The maximum Gasteiger partial charge on any atom is 0.119 e. The Hall–Kier alpha value is -3.90. The molecule has 0 spiro atoms. The second kappa shape index (κ2) is 19.3. The highest BCUT2D eigenvalue weighted by Crippen LogP contribution is 2.14. The van der Waals surface area contributed by atoms with Crippen molar-refractivity contribution >= 4 is 23.2 Å². The molecule has 0 atom stereocenters. The van der Waals surface area contributed by atoms with Crippen molar-refractivity contribution in [2.45, 2.75) is 13.3 Å². The standard InChI is InChI=1S/C19H19ClO2.C17H15ClO2/c1-2-13-21-14-15-22-19-11-7-17(8-12-19)4-3-16-5-9-18(20)10-6-16;1-19-12-13-20-17-10-6-15(7-11-17)3-2-14-4-8-16(18)9-5-14/h5-12H,2,13-15H2,1H3;4-11H,12-13H2,1H3. The molecule has 0 unspecified atom stereocenters. The Morgan fingerprint density at radius 3 is 1.19 bits per heavy atom. The van der Waals surface area contributed by atoms with Crippen LogP contribution in [0.2, 0.25) is 10.0 Å². The Balaban J connectivity index is 0.000000231. The minimum Gasteiger partial charge on any atom is -0.491 e. The van der Waals surface area contributed by atoms with Gasteiger partial charge in [-0.15, -0.1) is 0 Å². The second-order valence-electron chi connectivity index (χ2n) is 8.86. The summed E-state index contributed by atoms with van der Waals surface area (Å²) in [6.45, 7) is 5.18. The molecule has 0 amide bonds. The summed E-state index contributed by atoms with van der Waals surface area (Å²) in [5.41, 5.74) is 3.77. The van der Waals surface area contributed by atoms with Gasteiger partial charge in [0.15, 0.2) is 0 Å². The molecule has 0 aromatic heterocycles. The van der Waals surface area contributed by atoms with Crippen molar-refractivity contribution in [3.63, 3.8) is 0 Å². The number of methoxy groups -OCH3 is 1. The molecule has 4 rings (SSSR count). The monoisotopic (exact) mass is 600 g/mol. The third-order valence-electron chi connectivity index (χ3n) is 5.50. The summed E-state index contributed by atoms with van der Waals surface area (Å²) in [6.07, 6.45) is 1.03. The van der Waals surface area contributed by atoms with Gasteiger partial charge in [-0.25, -0.2) is 0 Å². The van der Waals surface area contributed by atoms with E-state index in [4.69, 9.17) is 42.1 Å². The van der Waals surface area contributed by atoms with Crippen molar-refractivity contribution in [1.82, 2.24) is 0 Å². The van der Waals surface area contributed by atoms with Gasteiger partial charge in [-0.05, 0) is 103 Å². The van der Waals surface area contributed by atoms with Crippen LogP contribution in [-0.2, 0) is 9.47 Å². The van der Waals surface area contributed by atoms with E-state index in [9.17, 15) is 0 Å². The lowest BCUT2D eigenvalue weighted by atomic mass is 10.2. The van der Waals surface area contributed by atoms with Gasteiger partial charge < -0.3 is 18.9 Å². The molecule has 4 nitrogen and oxygen atoms in total. The summed E-state index contributed by atoms with van der Waals surface area (Å²) in [6, 6.07) is 30.4. The molecule has 216 valence electrons. The van der Waals surface area contributed by atoms with Crippen LogP contribution in [0.4, 0.5) is 0 Å². The lowest BCUT2D eigenvalue weighted by molar-refractivity contribution is 0.101. The highest BCUT2D eigenvalue weighted by atomic mass is 35.5. The molecule has 4 aromatic rings. The van der Waals surface area contributed by atoms with Crippen molar-refractivity contribution in [2.75, 3.05) is 40.1 Å². The normalized spacial score (nSPS) is 9.81. The first kappa shape index (κ1) is 32.6. The minimum atomic E-state index is 0.548.